The topological polar surface area (TPSA) is 47.4 Å². The number of imidazole rings is 1. The summed E-state index contributed by atoms with van der Waals surface area (Å²) in [4.78, 5) is 18.8. The van der Waals surface area contributed by atoms with Gasteiger partial charge < -0.3 is 14.2 Å². The van der Waals surface area contributed by atoms with E-state index in [1.165, 1.54) is 11.1 Å². The van der Waals surface area contributed by atoms with Crippen LogP contribution in [0.2, 0.25) is 0 Å². The van der Waals surface area contributed by atoms with Crippen molar-refractivity contribution in [3.63, 3.8) is 0 Å². The molecule has 126 valence electrons. The fourth-order valence-electron chi connectivity index (χ4n) is 3.98. The summed E-state index contributed by atoms with van der Waals surface area (Å²) in [5, 5.41) is 0. The van der Waals surface area contributed by atoms with E-state index >= 15 is 0 Å². The van der Waals surface area contributed by atoms with Crippen LogP contribution < -0.4 is 0 Å². The summed E-state index contributed by atoms with van der Waals surface area (Å²) in [5.74, 6) is 0.211. The monoisotopic (exact) mass is 325 g/mol. The number of aromatic nitrogens is 2. The van der Waals surface area contributed by atoms with Crippen molar-refractivity contribution >= 4 is 5.91 Å². The molecule has 0 radical (unpaired) electrons. The molecular weight excluding hydrogens is 302 g/mol. The molecule has 1 aromatic heterocycles. The first kappa shape index (κ1) is 15.4. The van der Waals surface area contributed by atoms with Gasteiger partial charge in [0.2, 0.25) is 5.91 Å². The zero-order valence-electron chi connectivity index (χ0n) is 14.1. The van der Waals surface area contributed by atoms with Crippen molar-refractivity contribution in [2.24, 2.45) is 7.05 Å². The van der Waals surface area contributed by atoms with Crippen LogP contribution in [0.4, 0.5) is 0 Å². The predicted octanol–water partition coefficient (Wildman–Crippen LogP) is 2.05. The third-order valence-corrected chi connectivity index (χ3v) is 5.36. The Morgan fingerprint density at radius 2 is 2.25 bits per heavy atom. The summed E-state index contributed by atoms with van der Waals surface area (Å²) in [6, 6.07) is 8.48. The van der Waals surface area contributed by atoms with E-state index in [0.717, 1.165) is 25.0 Å². The van der Waals surface area contributed by atoms with E-state index in [1.807, 2.05) is 22.7 Å². The highest BCUT2D eigenvalue weighted by molar-refractivity contribution is 5.76. The van der Waals surface area contributed by atoms with Crippen molar-refractivity contribution < 1.29 is 9.53 Å². The quantitative estimate of drug-likeness (QED) is 0.868. The van der Waals surface area contributed by atoms with Gasteiger partial charge in [-0.15, -0.1) is 0 Å². The Hall–Kier alpha value is -2.14. The summed E-state index contributed by atoms with van der Waals surface area (Å²) < 4.78 is 8.17. The van der Waals surface area contributed by atoms with Crippen molar-refractivity contribution in [1.29, 1.82) is 0 Å². The number of benzene rings is 1. The first-order valence-electron chi connectivity index (χ1n) is 8.63. The fraction of sp³-hybridized carbons (Fsp3) is 0.474. The largest absolute Gasteiger partial charge is 0.367 e. The lowest BCUT2D eigenvalue weighted by Crippen LogP contribution is -2.51. The maximum atomic E-state index is 12.7. The number of fused-ring (bicyclic) bond motifs is 2. The maximum absolute atomic E-state index is 12.7. The smallest absolute Gasteiger partial charge is 0.223 e. The Morgan fingerprint density at radius 3 is 3.08 bits per heavy atom. The minimum atomic E-state index is -0.295. The summed E-state index contributed by atoms with van der Waals surface area (Å²) in [6.07, 6.45) is 6.87. The van der Waals surface area contributed by atoms with Gasteiger partial charge in [-0.05, 0) is 30.4 Å². The number of aryl methyl sites for hydroxylation is 3. The molecule has 1 atom stereocenters. The van der Waals surface area contributed by atoms with Crippen LogP contribution in [0.1, 0.15) is 29.7 Å². The molecule has 1 saturated heterocycles. The molecule has 2 aliphatic rings. The molecule has 2 heterocycles. The molecular formula is C19H23N3O2. The van der Waals surface area contributed by atoms with Crippen LogP contribution in [0.5, 0.6) is 0 Å². The average Bonchev–Trinajstić information content (AvgIpc) is 3.18. The third-order valence-electron chi connectivity index (χ3n) is 5.36. The number of hydrogen-bond acceptors (Lipinski definition) is 3. The number of ether oxygens (including phenoxy) is 1. The number of rotatable bonds is 3. The van der Waals surface area contributed by atoms with Gasteiger partial charge in [0.1, 0.15) is 5.60 Å². The van der Waals surface area contributed by atoms with Crippen LogP contribution in [0.3, 0.4) is 0 Å². The third kappa shape index (κ3) is 2.63. The van der Waals surface area contributed by atoms with Crippen molar-refractivity contribution in [2.75, 3.05) is 19.7 Å². The predicted molar refractivity (Wildman–Crippen MR) is 90.5 cm³/mol. The van der Waals surface area contributed by atoms with Gasteiger partial charge in [-0.25, -0.2) is 4.98 Å². The highest BCUT2D eigenvalue weighted by Gasteiger charge is 2.44. The second-order valence-electron chi connectivity index (χ2n) is 6.81. The summed E-state index contributed by atoms with van der Waals surface area (Å²) in [7, 11) is 1.96. The normalized spacial score (nSPS) is 22.8. The lowest BCUT2D eigenvalue weighted by Gasteiger charge is -2.41. The lowest BCUT2D eigenvalue weighted by atomic mass is 9.93. The molecule has 0 saturated carbocycles. The van der Waals surface area contributed by atoms with Crippen LogP contribution >= 0.6 is 0 Å². The molecule has 1 spiro atoms. The first-order valence-corrected chi connectivity index (χ1v) is 8.63. The van der Waals surface area contributed by atoms with Crippen molar-refractivity contribution in [3.05, 3.63) is 53.6 Å². The van der Waals surface area contributed by atoms with E-state index < -0.39 is 0 Å². The van der Waals surface area contributed by atoms with E-state index in [4.69, 9.17) is 4.74 Å². The molecule has 1 aliphatic heterocycles. The Bertz CT molecular complexity index is 751. The molecule has 1 fully saturated rings. The van der Waals surface area contributed by atoms with Gasteiger partial charge in [0, 0.05) is 31.9 Å². The van der Waals surface area contributed by atoms with Crippen molar-refractivity contribution in [3.8, 4) is 0 Å². The number of carbonyl (C=O) groups is 1. The zero-order chi connectivity index (χ0) is 16.6. The summed E-state index contributed by atoms with van der Waals surface area (Å²) in [6.45, 7) is 1.98. The number of hydrogen-bond donors (Lipinski definition) is 0. The van der Waals surface area contributed by atoms with Crippen molar-refractivity contribution in [2.45, 2.75) is 31.3 Å². The fourth-order valence-corrected chi connectivity index (χ4v) is 3.98. The van der Waals surface area contributed by atoms with Gasteiger partial charge in [-0.1, -0.05) is 24.3 Å². The summed E-state index contributed by atoms with van der Waals surface area (Å²) >= 11 is 0. The first-order chi connectivity index (χ1) is 11.7. The van der Waals surface area contributed by atoms with E-state index in [-0.39, 0.29) is 11.5 Å². The molecule has 4 rings (SSSR count). The van der Waals surface area contributed by atoms with Gasteiger partial charge in [0.15, 0.2) is 0 Å². The Morgan fingerprint density at radius 1 is 1.38 bits per heavy atom. The summed E-state index contributed by atoms with van der Waals surface area (Å²) in [5.41, 5.74) is 3.44. The molecule has 0 N–H and O–H groups in total. The molecule has 24 heavy (non-hydrogen) atoms. The second-order valence-corrected chi connectivity index (χ2v) is 6.81. The molecule has 5 nitrogen and oxygen atoms in total. The standard InChI is InChI=1S/C19H23N3O2/c1-21-14-20-12-16(21)6-7-18(23)22-10-11-24-19(13-22)9-8-15-4-2-3-5-17(15)19/h2-5,12,14H,6-11,13H2,1H3/t19-/m0/s1. The average molecular weight is 325 g/mol. The minimum absolute atomic E-state index is 0.211. The lowest BCUT2D eigenvalue weighted by molar-refractivity contribution is -0.152. The van der Waals surface area contributed by atoms with Crippen LogP contribution in [0, 0.1) is 0 Å². The number of nitrogens with zero attached hydrogens (tertiary/aromatic N) is 3. The van der Waals surface area contributed by atoms with E-state index in [2.05, 4.69) is 29.2 Å². The zero-order valence-corrected chi connectivity index (χ0v) is 14.1. The molecule has 0 bridgehead atoms. The Labute approximate surface area is 142 Å². The second kappa shape index (κ2) is 6.06. The van der Waals surface area contributed by atoms with Crippen LogP contribution in [0.15, 0.2) is 36.8 Å². The van der Waals surface area contributed by atoms with Crippen LogP contribution in [-0.4, -0.2) is 40.1 Å². The highest BCUT2D eigenvalue weighted by Crippen LogP contribution is 2.42. The molecule has 1 aliphatic carbocycles. The van der Waals surface area contributed by atoms with Gasteiger partial charge in [-0.3, -0.25) is 4.79 Å². The Kier molecular flexibility index (Phi) is 3.88. The maximum Gasteiger partial charge on any atom is 0.223 e. The van der Waals surface area contributed by atoms with Crippen LogP contribution in [-0.2, 0) is 35.0 Å². The number of carbonyl (C=O) groups excluding carboxylic acids is 1. The van der Waals surface area contributed by atoms with E-state index in [9.17, 15) is 4.79 Å². The minimum Gasteiger partial charge on any atom is -0.367 e. The molecule has 1 amide bonds. The molecule has 2 aromatic rings. The van der Waals surface area contributed by atoms with Crippen LogP contribution in [0.25, 0.3) is 0 Å². The molecule has 0 unspecified atom stereocenters. The van der Waals surface area contributed by atoms with E-state index in [1.54, 1.807) is 6.33 Å². The molecule has 1 aromatic carbocycles. The number of amides is 1. The number of morpholine rings is 1. The SMILES string of the molecule is Cn1cncc1CCC(=O)N1CCO[C@@]2(CCc3ccccc32)C1. The van der Waals surface area contributed by atoms with E-state index in [0.29, 0.717) is 26.1 Å². The van der Waals surface area contributed by atoms with Crippen molar-refractivity contribution in [1.82, 2.24) is 14.5 Å². The van der Waals surface area contributed by atoms with Gasteiger partial charge in [0.25, 0.3) is 0 Å². The van der Waals surface area contributed by atoms with Gasteiger partial charge in [0.05, 0.1) is 19.5 Å². The highest BCUT2D eigenvalue weighted by atomic mass is 16.5. The van der Waals surface area contributed by atoms with Gasteiger partial charge in [-0.2, -0.15) is 0 Å². The molecule has 5 heteroatoms. The Balaban J connectivity index is 1.46. The van der Waals surface area contributed by atoms with Gasteiger partial charge >= 0.3 is 0 Å².